The molecule has 0 spiro atoms. The molecule has 0 aliphatic heterocycles. The van der Waals surface area contributed by atoms with Crippen molar-refractivity contribution in [1.82, 2.24) is 0 Å². The Hall–Kier alpha value is -2.73. The van der Waals surface area contributed by atoms with Crippen molar-refractivity contribution >= 4 is 5.78 Å². The first kappa shape index (κ1) is 14.7. The molecule has 106 valence electrons. The highest BCUT2D eigenvalue weighted by molar-refractivity contribution is 6.09. The molecule has 0 bridgehead atoms. The monoisotopic (exact) mass is 280 g/mol. The third kappa shape index (κ3) is 3.64. The molecule has 0 amide bonds. The van der Waals surface area contributed by atoms with Gasteiger partial charge in [0.05, 0.1) is 14.2 Å². The molecule has 0 saturated carbocycles. The quantitative estimate of drug-likeness (QED) is 0.639. The summed E-state index contributed by atoms with van der Waals surface area (Å²) in [5.41, 5.74) is 2.34. The van der Waals surface area contributed by atoms with Gasteiger partial charge in [-0.2, -0.15) is 0 Å². The number of rotatable bonds is 3. The summed E-state index contributed by atoms with van der Waals surface area (Å²) < 4.78 is 10.2. The SMILES string of the molecule is COc1ccc(C(=O)C#Cc2ccc(OC)cc2C)cc1. The summed E-state index contributed by atoms with van der Waals surface area (Å²) in [5.74, 6) is 6.84. The zero-order chi connectivity index (χ0) is 15.2. The Morgan fingerprint density at radius 3 is 2.14 bits per heavy atom. The zero-order valence-electron chi connectivity index (χ0n) is 12.3. The van der Waals surface area contributed by atoms with E-state index in [9.17, 15) is 4.79 Å². The molecule has 0 fully saturated rings. The first-order valence-corrected chi connectivity index (χ1v) is 6.49. The standard InChI is InChI=1S/C18H16O3/c1-13-12-17(21-3)10-4-14(13)7-11-18(19)15-5-8-16(20-2)9-6-15/h4-6,8-10,12H,1-3H3. The average Bonchev–Trinajstić information content (AvgIpc) is 2.53. The number of ether oxygens (including phenoxy) is 2. The van der Waals surface area contributed by atoms with Crippen LogP contribution in [0.4, 0.5) is 0 Å². The molecule has 3 heteroatoms. The first-order valence-electron chi connectivity index (χ1n) is 6.49. The fourth-order valence-electron chi connectivity index (χ4n) is 1.84. The minimum absolute atomic E-state index is 0.215. The fourth-order valence-corrected chi connectivity index (χ4v) is 1.84. The highest BCUT2D eigenvalue weighted by Gasteiger charge is 2.03. The largest absolute Gasteiger partial charge is 0.497 e. The van der Waals surface area contributed by atoms with Crippen molar-refractivity contribution in [3.8, 4) is 23.3 Å². The molecule has 3 nitrogen and oxygen atoms in total. The Labute approximate surface area is 124 Å². The van der Waals surface area contributed by atoms with Gasteiger partial charge in [0, 0.05) is 11.1 Å². The predicted octanol–water partition coefficient (Wildman–Crippen LogP) is 3.25. The van der Waals surface area contributed by atoms with Crippen molar-refractivity contribution in [2.45, 2.75) is 6.92 Å². The molecule has 2 aromatic rings. The van der Waals surface area contributed by atoms with Gasteiger partial charge in [0.25, 0.3) is 0 Å². The van der Waals surface area contributed by atoms with E-state index >= 15 is 0 Å². The molecule has 0 heterocycles. The molecule has 0 unspecified atom stereocenters. The van der Waals surface area contributed by atoms with Crippen molar-refractivity contribution < 1.29 is 14.3 Å². The Balaban J connectivity index is 2.19. The van der Waals surface area contributed by atoms with Gasteiger partial charge in [0.1, 0.15) is 11.5 Å². The number of hydrogen-bond acceptors (Lipinski definition) is 3. The molecule has 0 radical (unpaired) electrons. The lowest BCUT2D eigenvalue weighted by Gasteiger charge is -2.02. The predicted molar refractivity (Wildman–Crippen MR) is 81.9 cm³/mol. The number of ketones is 1. The van der Waals surface area contributed by atoms with Crippen LogP contribution in [-0.2, 0) is 0 Å². The lowest BCUT2D eigenvalue weighted by molar-refractivity contribution is 0.105. The highest BCUT2D eigenvalue weighted by atomic mass is 16.5. The summed E-state index contributed by atoms with van der Waals surface area (Å²) in [6.07, 6.45) is 0. The van der Waals surface area contributed by atoms with Gasteiger partial charge in [-0.05, 0) is 60.9 Å². The zero-order valence-corrected chi connectivity index (χ0v) is 12.3. The third-order valence-electron chi connectivity index (χ3n) is 3.10. The van der Waals surface area contributed by atoms with E-state index in [4.69, 9.17) is 9.47 Å². The maximum absolute atomic E-state index is 12.0. The fraction of sp³-hybridized carbons (Fsp3) is 0.167. The van der Waals surface area contributed by atoms with Crippen LogP contribution >= 0.6 is 0 Å². The summed E-state index contributed by atoms with van der Waals surface area (Å²) in [6.45, 7) is 1.93. The second kappa shape index (κ2) is 6.62. The van der Waals surface area contributed by atoms with Crippen molar-refractivity contribution in [2.24, 2.45) is 0 Å². The van der Waals surface area contributed by atoms with Crippen molar-refractivity contribution in [1.29, 1.82) is 0 Å². The summed E-state index contributed by atoms with van der Waals surface area (Å²) in [7, 11) is 3.20. The lowest BCUT2D eigenvalue weighted by Crippen LogP contribution is -1.95. The van der Waals surface area contributed by atoms with E-state index in [1.54, 1.807) is 38.5 Å². The van der Waals surface area contributed by atoms with E-state index in [1.807, 2.05) is 25.1 Å². The van der Waals surface area contributed by atoms with Crippen LogP contribution in [0, 0.1) is 18.8 Å². The molecular formula is C18H16O3. The minimum atomic E-state index is -0.215. The number of benzene rings is 2. The molecule has 21 heavy (non-hydrogen) atoms. The molecule has 0 N–H and O–H groups in total. The Morgan fingerprint density at radius 2 is 1.57 bits per heavy atom. The Morgan fingerprint density at radius 1 is 0.952 bits per heavy atom. The molecule has 0 aromatic heterocycles. The Bertz CT molecular complexity index is 703. The third-order valence-corrected chi connectivity index (χ3v) is 3.10. The summed E-state index contributed by atoms with van der Waals surface area (Å²) in [4.78, 5) is 12.0. The van der Waals surface area contributed by atoms with E-state index in [0.717, 1.165) is 16.9 Å². The van der Waals surface area contributed by atoms with Crippen LogP contribution in [0.15, 0.2) is 42.5 Å². The minimum Gasteiger partial charge on any atom is -0.497 e. The van der Waals surface area contributed by atoms with Crippen LogP contribution in [0.3, 0.4) is 0 Å². The van der Waals surface area contributed by atoms with E-state index in [1.165, 1.54) is 0 Å². The average molecular weight is 280 g/mol. The maximum atomic E-state index is 12.0. The summed E-state index contributed by atoms with van der Waals surface area (Å²) in [5, 5.41) is 0. The van der Waals surface area contributed by atoms with Gasteiger partial charge >= 0.3 is 0 Å². The Kier molecular flexibility index (Phi) is 4.63. The van der Waals surface area contributed by atoms with E-state index in [-0.39, 0.29) is 5.78 Å². The van der Waals surface area contributed by atoms with Crippen LogP contribution in [-0.4, -0.2) is 20.0 Å². The van der Waals surface area contributed by atoms with Gasteiger partial charge in [-0.1, -0.05) is 5.92 Å². The number of Topliss-reactive ketones (excluding diaryl/α,β-unsaturated/α-hetero) is 1. The topological polar surface area (TPSA) is 35.5 Å². The van der Waals surface area contributed by atoms with Gasteiger partial charge in [-0.3, -0.25) is 4.79 Å². The van der Waals surface area contributed by atoms with Crippen LogP contribution in [0.1, 0.15) is 21.5 Å². The van der Waals surface area contributed by atoms with Gasteiger partial charge in [0.15, 0.2) is 0 Å². The first-order chi connectivity index (χ1) is 10.1. The number of methoxy groups -OCH3 is 2. The van der Waals surface area contributed by atoms with Crippen LogP contribution in [0.5, 0.6) is 11.5 Å². The maximum Gasteiger partial charge on any atom is 0.236 e. The molecule has 0 saturated heterocycles. The van der Waals surface area contributed by atoms with Gasteiger partial charge in [0.2, 0.25) is 5.78 Å². The van der Waals surface area contributed by atoms with E-state index < -0.39 is 0 Å². The number of carbonyl (C=O) groups is 1. The molecule has 0 atom stereocenters. The van der Waals surface area contributed by atoms with Gasteiger partial charge < -0.3 is 9.47 Å². The normalized spacial score (nSPS) is 9.48. The van der Waals surface area contributed by atoms with Crippen LogP contribution < -0.4 is 9.47 Å². The van der Waals surface area contributed by atoms with E-state index in [2.05, 4.69) is 11.8 Å². The highest BCUT2D eigenvalue weighted by Crippen LogP contribution is 2.16. The number of carbonyl (C=O) groups excluding carboxylic acids is 1. The molecule has 2 aromatic carbocycles. The number of hydrogen-bond donors (Lipinski definition) is 0. The molecule has 0 aliphatic rings. The molecule has 2 rings (SSSR count). The van der Waals surface area contributed by atoms with Crippen molar-refractivity contribution in [3.63, 3.8) is 0 Å². The second-order valence-corrected chi connectivity index (χ2v) is 4.49. The van der Waals surface area contributed by atoms with Crippen molar-refractivity contribution in [3.05, 3.63) is 59.2 Å². The van der Waals surface area contributed by atoms with Gasteiger partial charge in [-0.25, -0.2) is 0 Å². The smallest absolute Gasteiger partial charge is 0.236 e. The second-order valence-electron chi connectivity index (χ2n) is 4.49. The van der Waals surface area contributed by atoms with E-state index in [0.29, 0.717) is 11.3 Å². The van der Waals surface area contributed by atoms with Crippen LogP contribution in [0.25, 0.3) is 0 Å². The van der Waals surface area contributed by atoms with Gasteiger partial charge in [-0.15, -0.1) is 0 Å². The number of aryl methyl sites for hydroxylation is 1. The summed E-state index contributed by atoms with van der Waals surface area (Å²) >= 11 is 0. The summed E-state index contributed by atoms with van der Waals surface area (Å²) in [6, 6.07) is 12.5. The molecule has 0 aliphatic carbocycles. The van der Waals surface area contributed by atoms with Crippen LogP contribution in [0.2, 0.25) is 0 Å². The molecular weight excluding hydrogens is 264 g/mol. The lowest BCUT2D eigenvalue weighted by atomic mass is 10.1. The van der Waals surface area contributed by atoms with Crippen molar-refractivity contribution in [2.75, 3.05) is 14.2 Å².